The molecule has 0 amide bonds. The summed E-state index contributed by atoms with van der Waals surface area (Å²) in [5.74, 6) is 0.204. The number of aromatic hydroxyl groups is 1. The molecule has 0 heterocycles. The van der Waals surface area contributed by atoms with E-state index >= 15 is 0 Å². The Morgan fingerprint density at radius 3 is 2.43 bits per heavy atom. The number of aliphatic hydroxyl groups is 1. The highest BCUT2D eigenvalue weighted by atomic mass is 16.5. The van der Waals surface area contributed by atoms with Gasteiger partial charge >= 0.3 is 0 Å². The molecular formula is C11H16O3. The molecule has 0 atom stereocenters. The number of rotatable bonds is 4. The molecule has 0 unspecified atom stereocenters. The van der Waals surface area contributed by atoms with Crippen molar-refractivity contribution in [3.63, 3.8) is 0 Å². The second-order valence-corrected chi connectivity index (χ2v) is 3.21. The zero-order valence-electron chi connectivity index (χ0n) is 8.58. The molecule has 1 aromatic rings. The Bertz CT molecular complexity index is 282. The molecule has 3 heteroatoms. The van der Waals surface area contributed by atoms with Gasteiger partial charge in [-0.25, -0.2) is 0 Å². The molecule has 78 valence electrons. The molecule has 0 aromatic heterocycles. The summed E-state index contributed by atoms with van der Waals surface area (Å²) in [6, 6.07) is 3.66. The Kier molecular flexibility index (Phi) is 3.92. The molecule has 0 bridgehead atoms. The van der Waals surface area contributed by atoms with Gasteiger partial charge in [0, 0.05) is 12.7 Å². The quantitative estimate of drug-likeness (QED) is 0.769. The molecule has 14 heavy (non-hydrogen) atoms. The topological polar surface area (TPSA) is 49.7 Å². The van der Waals surface area contributed by atoms with Gasteiger partial charge in [-0.15, -0.1) is 0 Å². The summed E-state index contributed by atoms with van der Waals surface area (Å²) in [6.45, 7) is 2.32. The predicted molar refractivity (Wildman–Crippen MR) is 54.1 cm³/mol. The highest BCUT2D eigenvalue weighted by molar-refractivity contribution is 5.43. The summed E-state index contributed by atoms with van der Waals surface area (Å²) < 4.78 is 5.00. The lowest BCUT2D eigenvalue weighted by Gasteiger charge is -2.10. The fourth-order valence-electron chi connectivity index (χ4n) is 1.47. The molecular weight excluding hydrogens is 180 g/mol. The molecule has 0 fully saturated rings. The van der Waals surface area contributed by atoms with E-state index in [4.69, 9.17) is 9.84 Å². The van der Waals surface area contributed by atoms with Crippen LogP contribution in [-0.2, 0) is 24.4 Å². The number of aliphatic hydroxyl groups excluding tert-OH is 1. The van der Waals surface area contributed by atoms with Gasteiger partial charge in [-0.3, -0.25) is 0 Å². The van der Waals surface area contributed by atoms with Crippen LogP contribution in [-0.4, -0.2) is 17.3 Å². The Balaban J connectivity index is 3.11. The van der Waals surface area contributed by atoms with Gasteiger partial charge in [0.1, 0.15) is 5.75 Å². The van der Waals surface area contributed by atoms with Crippen LogP contribution in [0.3, 0.4) is 0 Å². The normalized spacial score (nSPS) is 10.5. The van der Waals surface area contributed by atoms with E-state index in [9.17, 15) is 5.11 Å². The molecule has 0 saturated heterocycles. The van der Waals surface area contributed by atoms with E-state index in [1.54, 1.807) is 13.2 Å². The summed E-state index contributed by atoms with van der Waals surface area (Å²) >= 11 is 0. The Morgan fingerprint density at radius 1 is 1.29 bits per heavy atom. The molecule has 0 aliphatic heterocycles. The second kappa shape index (κ2) is 4.98. The third-order valence-electron chi connectivity index (χ3n) is 2.19. The van der Waals surface area contributed by atoms with Crippen molar-refractivity contribution in [2.75, 3.05) is 7.11 Å². The van der Waals surface area contributed by atoms with Crippen molar-refractivity contribution < 1.29 is 14.9 Å². The van der Waals surface area contributed by atoms with Crippen molar-refractivity contribution in [2.24, 2.45) is 0 Å². The maximum absolute atomic E-state index is 9.68. The van der Waals surface area contributed by atoms with E-state index in [0.717, 1.165) is 17.5 Å². The lowest BCUT2D eigenvalue weighted by Crippen LogP contribution is -1.95. The maximum atomic E-state index is 9.68. The van der Waals surface area contributed by atoms with Crippen molar-refractivity contribution in [2.45, 2.75) is 26.6 Å². The van der Waals surface area contributed by atoms with Crippen molar-refractivity contribution >= 4 is 0 Å². The number of benzene rings is 1. The fourth-order valence-corrected chi connectivity index (χ4v) is 1.47. The number of ether oxygens (including phenoxy) is 1. The van der Waals surface area contributed by atoms with Crippen LogP contribution in [0.4, 0.5) is 0 Å². The van der Waals surface area contributed by atoms with Crippen molar-refractivity contribution in [1.29, 1.82) is 0 Å². The molecule has 0 aliphatic carbocycles. The number of hydrogen-bond donors (Lipinski definition) is 2. The summed E-state index contributed by atoms with van der Waals surface area (Å²) in [6.07, 6.45) is 0.746. The van der Waals surface area contributed by atoms with Gasteiger partial charge in [0.15, 0.2) is 0 Å². The SMILES string of the molecule is CCc1cc(COC)cc(CO)c1O. The van der Waals surface area contributed by atoms with Gasteiger partial charge in [0.25, 0.3) is 0 Å². The van der Waals surface area contributed by atoms with Crippen LogP contribution in [0.15, 0.2) is 12.1 Å². The van der Waals surface area contributed by atoms with Gasteiger partial charge in [0.05, 0.1) is 13.2 Å². The van der Waals surface area contributed by atoms with Gasteiger partial charge in [-0.05, 0) is 29.7 Å². The Morgan fingerprint density at radius 2 is 1.93 bits per heavy atom. The van der Waals surface area contributed by atoms with E-state index in [2.05, 4.69) is 0 Å². The molecule has 2 N–H and O–H groups in total. The molecule has 3 nitrogen and oxygen atoms in total. The lowest BCUT2D eigenvalue weighted by atomic mass is 10.0. The highest BCUT2D eigenvalue weighted by Gasteiger charge is 2.07. The summed E-state index contributed by atoms with van der Waals surface area (Å²) in [7, 11) is 1.62. The average molecular weight is 196 g/mol. The minimum absolute atomic E-state index is 0.142. The van der Waals surface area contributed by atoms with E-state index < -0.39 is 0 Å². The van der Waals surface area contributed by atoms with Crippen LogP contribution in [0.1, 0.15) is 23.6 Å². The number of phenols is 1. The van der Waals surface area contributed by atoms with Crippen LogP contribution >= 0.6 is 0 Å². The van der Waals surface area contributed by atoms with E-state index in [-0.39, 0.29) is 12.4 Å². The van der Waals surface area contributed by atoms with Gasteiger partial charge in [0.2, 0.25) is 0 Å². The smallest absolute Gasteiger partial charge is 0.124 e. The zero-order valence-corrected chi connectivity index (χ0v) is 8.58. The van der Waals surface area contributed by atoms with Crippen LogP contribution in [0.25, 0.3) is 0 Å². The van der Waals surface area contributed by atoms with Crippen LogP contribution in [0.5, 0.6) is 5.75 Å². The summed E-state index contributed by atoms with van der Waals surface area (Å²) in [5.41, 5.74) is 2.39. The van der Waals surface area contributed by atoms with Crippen molar-refractivity contribution in [3.05, 3.63) is 28.8 Å². The zero-order chi connectivity index (χ0) is 10.6. The molecule has 0 aliphatic rings. The first-order valence-corrected chi connectivity index (χ1v) is 4.66. The summed E-state index contributed by atoms with van der Waals surface area (Å²) in [4.78, 5) is 0. The molecule has 0 spiro atoms. The van der Waals surface area contributed by atoms with Crippen molar-refractivity contribution in [1.82, 2.24) is 0 Å². The van der Waals surface area contributed by atoms with Gasteiger partial charge in [-0.1, -0.05) is 6.92 Å². The average Bonchev–Trinajstić information content (AvgIpc) is 2.20. The monoisotopic (exact) mass is 196 g/mol. The minimum atomic E-state index is -0.142. The second-order valence-electron chi connectivity index (χ2n) is 3.21. The Labute approximate surface area is 84.0 Å². The first kappa shape index (κ1) is 11.0. The number of methoxy groups -OCH3 is 1. The van der Waals surface area contributed by atoms with Crippen LogP contribution in [0.2, 0.25) is 0 Å². The van der Waals surface area contributed by atoms with Gasteiger partial charge < -0.3 is 14.9 Å². The van der Waals surface area contributed by atoms with E-state index in [1.165, 1.54) is 0 Å². The highest BCUT2D eigenvalue weighted by Crippen LogP contribution is 2.25. The third kappa shape index (κ3) is 2.25. The fraction of sp³-hybridized carbons (Fsp3) is 0.455. The molecule has 1 rings (SSSR count). The Hall–Kier alpha value is -1.06. The predicted octanol–water partition coefficient (Wildman–Crippen LogP) is 1.59. The van der Waals surface area contributed by atoms with Gasteiger partial charge in [-0.2, -0.15) is 0 Å². The molecule has 0 saturated carbocycles. The lowest BCUT2D eigenvalue weighted by molar-refractivity contribution is 0.184. The molecule has 1 aromatic carbocycles. The van der Waals surface area contributed by atoms with E-state index in [1.807, 2.05) is 13.0 Å². The number of aryl methyl sites for hydroxylation is 1. The first-order valence-electron chi connectivity index (χ1n) is 4.66. The molecule has 0 radical (unpaired) electrons. The first-order chi connectivity index (χ1) is 6.72. The largest absolute Gasteiger partial charge is 0.507 e. The van der Waals surface area contributed by atoms with Crippen molar-refractivity contribution in [3.8, 4) is 5.75 Å². The summed E-state index contributed by atoms with van der Waals surface area (Å²) in [5, 5.41) is 18.7. The third-order valence-corrected chi connectivity index (χ3v) is 2.19. The van der Waals surface area contributed by atoms with Crippen LogP contribution < -0.4 is 0 Å². The standard InChI is InChI=1S/C11H16O3/c1-3-9-4-8(7-14-2)5-10(6-12)11(9)13/h4-5,12-13H,3,6-7H2,1-2H3. The van der Waals surface area contributed by atoms with E-state index in [0.29, 0.717) is 12.2 Å². The van der Waals surface area contributed by atoms with Crippen LogP contribution in [0, 0.1) is 0 Å². The minimum Gasteiger partial charge on any atom is -0.507 e. The maximum Gasteiger partial charge on any atom is 0.124 e. The number of hydrogen-bond acceptors (Lipinski definition) is 3.